The Morgan fingerprint density at radius 1 is 1.48 bits per heavy atom. The average Bonchev–Trinajstić information content (AvgIpc) is 2.47. The molecule has 1 aromatic carbocycles. The Balaban J connectivity index is 2.42. The number of sulfonamides is 1. The summed E-state index contributed by atoms with van der Waals surface area (Å²) in [5, 5.41) is 8.99. The Bertz CT molecular complexity index is 617. The minimum Gasteiger partial charge on any atom is -0.481 e. The lowest BCUT2D eigenvalue weighted by Crippen LogP contribution is -2.47. The molecule has 0 saturated carbocycles. The third kappa shape index (κ3) is 3.52. The molecule has 8 heteroatoms. The molecule has 0 bridgehead atoms. The van der Waals surface area contributed by atoms with E-state index in [-0.39, 0.29) is 24.0 Å². The van der Waals surface area contributed by atoms with Crippen molar-refractivity contribution in [2.45, 2.75) is 17.4 Å². The van der Waals surface area contributed by atoms with Gasteiger partial charge in [-0.05, 0) is 19.2 Å². The van der Waals surface area contributed by atoms with Crippen LogP contribution in [0.15, 0.2) is 29.2 Å². The van der Waals surface area contributed by atoms with E-state index in [0.29, 0.717) is 18.8 Å². The summed E-state index contributed by atoms with van der Waals surface area (Å²) in [6, 6.07) is 6.18. The highest BCUT2D eigenvalue weighted by atomic mass is 32.2. The van der Waals surface area contributed by atoms with E-state index in [0.717, 1.165) is 0 Å². The first kappa shape index (κ1) is 15.7. The molecule has 2 rings (SSSR count). The van der Waals surface area contributed by atoms with Gasteiger partial charge < -0.3 is 14.7 Å². The SMILES string of the molecule is CNS(=O)(=O)c1ccccc1N1CCOCC1CC(=O)O. The first-order valence-corrected chi connectivity index (χ1v) is 8.03. The molecule has 1 fully saturated rings. The first-order chi connectivity index (χ1) is 9.95. The van der Waals surface area contributed by atoms with E-state index in [1.54, 1.807) is 23.1 Å². The number of para-hydroxylation sites is 1. The smallest absolute Gasteiger partial charge is 0.305 e. The molecule has 0 aliphatic carbocycles. The van der Waals surface area contributed by atoms with Crippen molar-refractivity contribution in [1.82, 2.24) is 4.72 Å². The van der Waals surface area contributed by atoms with Crippen molar-refractivity contribution in [1.29, 1.82) is 0 Å². The van der Waals surface area contributed by atoms with Crippen molar-refractivity contribution < 1.29 is 23.1 Å². The number of ether oxygens (including phenoxy) is 1. The van der Waals surface area contributed by atoms with Gasteiger partial charge in [0.15, 0.2) is 0 Å². The number of carbonyl (C=O) groups is 1. The van der Waals surface area contributed by atoms with Gasteiger partial charge in [0, 0.05) is 6.54 Å². The minimum atomic E-state index is -3.61. The Hall–Kier alpha value is -1.64. The predicted octanol–water partition coefficient (Wildman–Crippen LogP) is 0.275. The number of hydrogen-bond acceptors (Lipinski definition) is 5. The van der Waals surface area contributed by atoms with Gasteiger partial charge in [-0.3, -0.25) is 4.79 Å². The van der Waals surface area contributed by atoms with Crippen molar-refractivity contribution in [3.8, 4) is 0 Å². The topological polar surface area (TPSA) is 95.9 Å². The van der Waals surface area contributed by atoms with Gasteiger partial charge in [-0.2, -0.15) is 0 Å². The highest BCUT2D eigenvalue weighted by Crippen LogP contribution is 2.28. The standard InChI is InChI=1S/C13H18N2O5S/c1-14-21(18,19)12-5-3-2-4-11(12)15-6-7-20-9-10(15)8-13(16)17/h2-5,10,14H,6-9H2,1H3,(H,16,17). The minimum absolute atomic E-state index is 0.103. The van der Waals surface area contributed by atoms with Gasteiger partial charge >= 0.3 is 5.97 Å². The van der Waals surface area contributed by atoms with Crippen molar-refractivity contribution in [2.75, 3.05) is 31.7 Å². The van der Waals surface area contributed by atoms with Crippen LogP contribution in [0, 0.1) is 0 Å². The van der Waals surface area contributed by atoms with Crippen molar-refractivity contribution in [3.63, 3.8) is 0 Å². The Morgan fingerprint density at radius 3 is 2.86 bits per heavy atom. The number of anilines is 1. The maximum absolute atomic E-state index is 12.1. The summed E-state index contributed by atoms with van der Waals surface area (Å²) in [7, 11) is -2.26. The van der Waals surface area contributed by atoms with Crippen molar-refractivity contribution in [2.24, 2.45) is 0 Å². The highest BCUT2D eigenvalue weighted by molar-refractivity contribution is 7.89. The molecule has 1 atom stereocenters. The molecule has 7 nitrogen and oxygen atoms in total. The van der Waals surface area contributed by atoms with E-state index >= 15 is 0 Å². The lowest BCUT2D eigenvalue weighted by atomic mass is 10.1. The molecule has 1 saturated heterocycles. The second kappa shape index (κ2) is 6.42. The summed E-state index contributed by atoms with van der Waals surface area (Å²) in [5.41, 5.74) is 0.501. The largest absolute Gasteiger partial charge is 0.481 e. The predicted molar refractivity (Wildman–Crippen MR) is 76.9 cm³/mol. The molecule has 1 unspecified atom stereocenters. The number of morpholine rings is 1. The maximum atomic E-state index is 12.1. The molecule has 0 spiro atoms. The van der Waals surface area contributed by atoms with Gasteiger partial charge in [-0.15, -0.1) is 0 Å². The van der Waals surface area contributed by atoms with Crippen LogP contribution in [0.5, 0.6) is 0 Å². The van der Waals surface area contributed by atoms with Crippen molar-refractivity contribution in [3.05, 3.63) is 24.3 Å². The number of aliphatic carboxylic acids is 1. The summed E-state index contributed by atoms with van der Waals surface area (Å²) in [4.78, 5) is 12.9. The lowest BCUT2D eigenvalue weighted by molar-refractivity contribution is -0.138. The van der Waals surface area contributed by atoms with Gasteiger partial charge in [0.1, 0.15) is 4.90 Å². The van der Waals surface area contributed by atoms with Crippen LogP contribution >= 0.6 is 0 Å². The van der Waals surface area contributed by atoms with Crippen LogP contribution in [-0.4, -0.2) is 52.3 Å². The first-order valence-electron chi connectivity index (χ1n) is 6.54. The fourth-order valence-corrected chi connectivity index (χ4v) is 3.31. The molecule has 1 heterocycles. The fourth-order valence-electron chi connectivity index (χ4n) is 2.37. The third-order valence-corrected chi connectivity index (χ3v) is 4.83. The monoisotopic (exact) mass is 314 g/mol. The molecular formula is C13H18N2O5S. The van der Waals surface area contributed by atoms with E-state index in [1.165, 1.54) is 13.1 Å². The van der Waals surface area contributed by atoms with Crippen molar-refractivity contribution >= 4 is 21.7 Å². The average molecular weight is 314 g/mol. The zero-order chi connectivity index (χ0) is 15.5. The second-order valence-corrected chi connectivity index (χ2v) is 6.55. The number of rotatable bonds is 5. The van der Waals surface area contributed by atoms with Crippen LogP contribution < -0.4 is 9.62 Å². The maximum Gasteiger partial charge on any atom is 0.305 e. The highest BCUT2D eigenvalue weighted by Gasteiger charge is 2.29. The van der Waals surface area contributed by atoms with Crippen LogP contribution in [0.25, 0.3) is 0 Å². The number of benzene rings is 1. The quantitative estimate of drug-likeness (QED) is 0.810. The third-order valence-electron chi connectivity index (χ3n) is 3.37. The molecule has 0 aromatic heterocycles. The normalized spacial score (nSPS) is 19.5. The zero-order valence-electron chi connectivity index (χ0n) is 11.7. The van der Waals surface area contributed by atoms with E-state index in [4.69, 9.17) is 9.84 Å². The van der Waals surface area contributed by atoms with Gasteiger partial charge in [0.05, 0.1) is 31.4 Å². The van der Waals surface area contributed by atoms with Crippen LogP contribution in [-0.2, 0) is 19.6 Å². The lowest BCUT2D eigenvalue weighted by Gasteiger charge is -2.37. The van der Waals surface area contributed by atoms with Gasteiger partial charge in [0.25, 0.3) is 0 Å². The van der Waals surface area contributed by atoms with Gasteiger partial charge in [0.2, 0.25) is 10.0 Å². The molecule has 1 aliphatic heterocycles. The molecule has 1 aliphatic rings. The van der Waals surface area contributed by atoms with E-state index in [2.05, 4.69) is 4.72 Å². The summed E-state index contributed by atoms with van der Waals surface area (Å²) in [6.45, 7) is 1.15. The molecular weight excluding hydrogens is 296 g/mol. The molecule has 0 amide bonds. The van der Waals surface area contributed by atoms with Crippen LogP contribution in [0.2, 0.25) is 0 Å². The Morgan fingerprint density at radius 2 is 2.19 bits per heavy atom. The molecule has 0 radical (unpaired) electrons. The molecule has 21 heavy (non-hydrogen) atoms. The zero-order valence-corrected chi connectivity index (χ0v) is 12.5. The van der Waals surface area contributed by atoms with Gasteiger partial charge in [-0.25, -0.2) is 13.1 Å². The Labute approximate surface area is 123 Å². The summed E-state index contributed by atoms with van der Waals surface area (Å²) >= 11 is 0. The van der Waals surface area contributed by atoms with Crippen LogP contribution in [0.4, 0.5) is 5.69 Å². The summed E-state index contributed by atoms with van der Waals surface area (Å²) in [5.74, 6) is -0.940. The Kier molecular flexibility index (Phi) is 4.81. The van der Waals surface area contributed by atoms with E-state index < -0.39 is 16.0 Å². The molecule has 116 valence electrons. The molecule has 1 aromatic rings. The second-order valence-electron chi connectivity index (χ2n) is 4.70. The molecule has 2 N–H and O–H groups in total. The van der Waals surface area contributed by atoms with Crippen LogP contribution in [0.1, 0.15) is 6.42 Å². The van der Waals surface area contributed by atoms with Gasteiger partial charge in [-0.1, -0.05) is 12.1 Å². The van der Waals surface area contributed by atoms with E-state index in [1.807, 2.05) is 0 Å². The number of carboxylic acids is 1. The number of nitrogens with zero attached hydrogens (tertiary/aromatic N) is 1. The number of hydrogen-bond donors (Lipinski definition) is 2. The fraction of sp³-hybridized carbons (Fsp3) is 0.462. The van der Waals surface area contributed by atoms with E-state index in [9.17, 15) is 13.2 Å². The van der Waals surface area contributed by atoms with Crippen LogP contribution in [0.3, 0.4) is 0 Å². The summed E-state index contributed by atoms with van der Waals surface area (Å²) < 4.78 is 31.8. The summed E-state index contributed by atoms with van der Waals surface area (Å²) in [6.07, 6.45) is -0.103. The number of nitrogens with one attached hydrogen (secondary N) is 1. The number of carboxylic acid groups (broad SMARTS) is 1.